The molecule has 26 heavy (non-hydrogen) atoms. The lowest BCUT2D eigenvalue weighted by Gasteiger charge is -2.09. The molecule has 0 saturated carbocycles. The minimum atomic E-state index is -0.260. The van der Waals surface area contributed by atoms with Gasteiger partial charge in [0.25, 0.3) is 5.91 Å². The van der Waals surface area contributed by atoms with Crippen LogP contribution < -0.4 is 14.8 Å². The molecule has 1 N–H and O–H groups in total. The number of ether oxygens (including phenoxy) is 2. The molecule has 1 heterocycles. The number of fused-ring (bicyclic) bond motifs is 1. The summed E-state index contributed by atoms with van der Waals surface area (Å²) in [6.45, 7) is 0.197. The van der Waals surface area contributed by atoms with E-state index in [-0.39, 0.29) is 12.7 Å². The first kappa shape index (κ1) is 16.8. The first-order chi connectivity index (χ1) is 12.6. The maximum Gasteiger partial charge on any atom is 0.257 e. The summed E-state index contributed by atoms with van der Waals surface area (Å²) in [6, 6.07) is 17.9. The highest BCUT2D eigenvalue weighted by Crippen LogP contribution is 2.41. The number of nitrogens with one attached hydrogen (secondary N) is 1. The Morgan fingerprint density at radius 3 is 2.31 bits per heavy atom. The molecule has 3 aromatic carbocycles. The van der Waals surface area contributed by atoms with Crippen molar-refractivity contribution in [2.45, 2.75) is 0 Å². The maximum atomic E-state index is 12.3. The first-order valence-corrected chi connectivity index (χ1v) is 8.63. The smallest absolute Gasteiger partial charge is 0.257 e. The fraction of sp³-hybridized carbons (Fsp3) is 0.0500. The molecule has 0 fully saturated rings. The molecule has 0 saturated heterocycles. The Kier molecular flexibility index (Phi) is 4.45. The number of hydrogen-bond donors (Lipinski definition) is 1. The van der Waals surface area contributed by atoms with E-state index in [0.29, 0.717) is 32.8 Å². The highest BCUT2D eigenvalue weighted by Gasteiger charge is 2.17. The molecule has 3 aromatic rings. The predicted molar refractivity (Wildman–Crippen MR) is 102 cm³/mol. The summed E-state index contributed by atoms with van der Waals surface area (Å²) in [5, 5.41) is 3.82. The van der Waals surface area contributed by atoms with Crippen LogP contribution in [0.2, 0.25) is 10.0 Å². The van der Waals surface area contributed by atoms with Crippen molar-refractivity contribution >= 4 is 34.8 Å². The lowest BCUT2D eigenvalue weighted by atomic mass is 10.0. The van der Waals surface area contributed by atoms with Crippen molar-refractivity contribution in [3.8, 4) is 22.6 Å². The number of anilines is 1. The summed E-state index contributed by atoms with van der Waals surface area (Å²) < 4.78 is 10.7. The van der Waals surface area contributed by atoms with Gasteiger partial charge in [0, 0.05) is 17.3 Å². The van der Waals surface area contributed by atoms with Gasteiger partial charge in [-0.2, -0.15) is 0 Å². The average Bonchev–Trinajstić information content (AvgIpc) is 3.09. The van der Waals surface area contributed by atoms with E-state index in [2.05, 4.69) is 5.32 Å². The zero-order chi connectivity index (χ0) is 18.1. The Morgan fingerprint density at radius 2 is 1.58 bits per heavy atom. The third-order valence-corrected chi connectivity index (χ3v) is 4.68. The molecule has 0 radical (unpaired) electrons. The average molecular weight is 386 g/mol. The van der Waals surface area contributed by atoms with Crippen molar-refractivity contribution in [1.82, 2.24) is 0 Å². The number of hydrogen-bond acceptors (Lipinski definition) is 3. The third-order valence-electron chi connectivity index (χ3n) is 4.03. The van der Waals surface area contributed by atoms with Crippen LogP contribution >= 0.6 is 23.2 Å². The number of benzene rings is 3. The zero-order valence-corrected chi connectivity index (χ0v) is 15.0. The van der Waals surface area contributed by atoms with Crippen molar-refractivity contribution in [1.29, 1.82) is 0 Å². The van der Waals surface area contributed by atoms with E-state index in [9.17, 15) is 4.79 Å². The van der Waals surface area contributed by atoms with E-state index < -0.39 is 0 Å². The van der Waals surface area contributed by atoms with Crippen LogP contribution in [0, 0.1) is 0 Å². The lowest BCUT2D eigenvalue weighted by Crippen LogP contribution is -2.12. The Hall–Kier alpha value is -2.69. The minimum Gasteiger partial charge on any atom is -0.454 e. The van der Waals surface area contributed by atoms with Crippen LogP contribution in [0.5, 0.6) is 11.5 Å². The highest BCUT2D eigenvalue weighted by molar-refractivity contribution is 6.34. The Bertz CT molecular complexity index is 987. The molecule has 4 nitrogen and oxygen atoms in total. The van der Waals surface area contributed by atoms with Gasteiger partial charge in [0.2, 0.25) is 6.79 Å². The molecule has 130 valence electrons. The van der Waals surface area contributed by atoms with Gasteiger partial charge >= 0.3 is 0 Å². The predicted octanol–water partition coefficient (Wildman–Crippen LogP) is 5.64. The molecular weight excluding hydrogens is 373 g/mol. The van der Waals surface area contributed by atoms with Gasteiger partial charge in [-0.1, -0.05) is 47.5 Å². The van der Waals surface area contributed by atoms with Crippen LogP contribution in [-0.2, 0) is 0 Å². The van der Waals surface area contributed by atoms with Gasteiger partial charge in [0.1, 0.15) is 0 Å². The maximum absolute atomic E-state index is 12.3. The molecule has 1 amide bonds. The number of rotatable bonds is 3. The Balaban J connectivity index is 1.56. The summed E-state index contributed by atoms with van der Waals surface area (Å²) in [6.07, 6.45) is 0. The second-order valence-electron chi connectivity index (χ2n) is 5.70. The van der Waals surface area contributed by atoms with E-state index >= 15 is 0 Å². The number of carbonyl (C=O) groups excluding carboxylic acids is 1. The molecule has 0 aliphatic carbocycles. The van der Waals surface area contributed by atoms with Crippen molar-refractivity contribution in [2.75, 3.05) is 12.1 Å². The minimum absolute atomic E-state index is 0.197. The van der Waals surface area contributed by atoms with Crippen LogP contribution in [0.25, 0.3) is 11.1 Å². The van der Waals surface area contributed by atoms with Crippen LogP contribution in [0.1, 0.15) is 10.4 Å². The largest absolute Gasteiger partial charge is 0.454 e. The van der Waals surface area contributed by atoms with E-state index in [4.69, 9.17) is 32.7 Å². The van der Waals surface area contributed by atoms with Gasteiger partial charge < -0.3 is 14.8 Å². The Labute approximate surface area is 160 Å². The monoisotopic (exact) mass is 385 g/mol. The van der Waals surface area contributed by atoms with Gasteiger partial charge in [0.05, 0.1) is 15.6 Å². The lowest BCUT2D eigenvalue weighted by molar-refractivity contribution is 0.102. The summed E-state index contributed by atoms with van der Waals surface area (Å²) in [5.74, 6) is 1.05. The molecule has 0 bridgehead atoms. The molecule has 0 aromatic heterocycles. The second kappa shape index (κ2) is 6.90. The van der Waals surface area contributed by atoms with E-state index in [0.717, 1.165) is 11.1 Å². The summed E-state index contributed by atoms with van der Waals surface area (Å²) in [7, 11) is 0. The van der Waals surface area contributed by atoms with Crippen LogP contribution in [0.4, 0.5) is 5.69 Å². The zero-order valence-electron chi connectivity index (χ0n) is 13.5. The molecule has 4 rings (SSSR count). The normalized spacial score (nSPS) is 12.1. The number of halogens is 2. The molecule has 6 heteroatoms. The quantitative estimate of drug-likeness (QED) is 0.634. The van der Waals surface area contributed by atoms with Crippen molar-refractivity contribution < 1.29 is 14.3 Å². The summed E-state index contributed by atoms with van der Waals surface area (Å²) in [5.41, 5.74) is 2.83. The second-order valence-corrected chi connectivity index (χ2v) is 6.51. The number of carbonyl (C=O) groups is 1. The summed E-state index contributed by atoms with van der Waals surface area (Å²) in [4.78, 5) is 12.3. The van der Waals surface area contributed by atoms with Crippen molar-refractivity contribution in [3.05, 3.63) is 76.3 Å². The topological polar surface area (TPSA) is 47.6 Å². The van der Waals surface area contributed by atoms with Gasteiger partial charge in [-0.15, -0.1) is 0 Å². The van der Waals surface area contributed by atoms with Crippen LogP contribution in [-0.4, -0.2) is 12.7 Å². The molecule has 0 atom stereocenters. The van der Waals surface area contributed by atoms with Gasteiger partial charge in [-0.05, 0) is 35.9 Å². The number of amides is 1. The van der Waals surface area contributed by atoms with Crippen molar-refractivity contribution in [3.63, 3.8) is 0 Å². The van der Waals surface area contributed by atoms with Gasteiger partial charge in [0.15, 0.2) is 11.5 Å². The van der Waals surface area contributed by atoms with Gasteiger partial charge in [-0.25, -0.2) is 0 Å². The van der Waals surface area contributed by atoms with E-state index in [1.807, 2.05) is 30.3 Å². The fourth-order valence-corrected chi connectivity index (χ4v) is 3.20. The fourth-order valence-electron chi connectivity index (χ4n) is 2.72. The highest BCUT2D eigenvalue weighted by atomic mass is 35.5. The first-order valence-electron chi connectivity index (χ1n) is 7.87. The molecule has 1 aliphatic heterocycles. The molecule has 1 aliphatic rings. The van der Waals surface area contributed by atoms with Crippen molar-refractivity contribution in [2.24, 2.45) is 0 Å². The van der Waals surface area contributed by atoms with E-state index in [1.165, 1.54) is 0 Å². The van der Waals surface area contributed by atoms with Gasteiger partial charge in [-0.3, -0.25) is 4.79 Å². The Morgan fingerprint density at radius 1 is 0.885 bits per heavy atom. The molecular formula is C20H13Cl2NO3. The van der Waals surface area contributed by atoms with Crippen LogP contribution in [0.15, 0.2) is 60.7 Å². The summed E-state index contributed by atoms with van der Waals surface area (Å²) >= 11 is 12.4. The van der Waals surface area contributed by atoms with E-state index in [1.54, 1.807) is 30.3 Å². The van der Waals surface area contributed by atoms with Crippen LogP contribution in [0.3, 0.4) is 0 Å². The molecule has 0 spiro atoms. The molecule has 0 unspecified atom stereocenters. The third kappa shape index (κ3) is 3.21. The SMILES string of the molecule is O=C(Nc1ccc(-c2cc3c(cc2Cl)OCO3)cc1)c1ccccc1Cl. The standard InChI is InChI=1S/C20H13Cl2NO3/c21-16-4-2-1-3-14(16)20(24)23-13-7-5-12(6-8-13)15-9-18-19(10-17(15)22)26-11-25-18/h1-10H,11H2,(H,23,24).